The maximum absolute atomic E-state index is 14.3. The van der Waals surface area contributed by atoms with Gasteiger partial charge in [0.25, 0.3) is 0 Å². The molecule has 2 fully saturated rings. The summed E-state index contributed by atoms with van der Waals surface area (Å²) < 4.78 is 24.3. The number of ether oxygens (including phenoxy) is 2. The molecule has 0 N–H and O–H groups in total. The predicted octanol–water partition coefficient (Wildman–Crippen LogP) is 1.10. The molecule has 3 rings (SSSR count). The molecular weight excluding hydrogens is 279 g/mol. The zero-order valence-corrected chi connectivity index (χ0v) is 11.3. The molecule has 2 saturated heterocycles. The van der Waals surface area contributed by atoms with Gasteiger partial charge in [-0.15, -0.1) is 0 Å². The molecule has 2 heterocycles. The van der Waals surface area contributed by atoms with Crippen molar-refractivity contribution >= 4 is 23.8 Å². The van der Waals surface area contributed by atoms with E-state index in [1.54, 1.807) is 18.4 Å². The average Bonchev–Trinajstić information content (AvgIpc) is 2.89. The van der Waals surface area contributed by atoms with Crippen molar-refractivity contribution in [3.63, 3.8) is 0 Å². The van der Waals surface area contributed by atoms with Gasteiger partial charge in [-0.1, -0.05) is 0 Å². The van der Waals surface area contributed by atoms with Crippen molar-refractivity contribution in [1.29, 1.82) is 0 Å². The molecule has 6 nitrogen and oxygen atoms in total. The Morgan fingerprint density at radius 3 is 2.67 bits per heavy atom. The molecule has 7 heteroatoms. The molecule has 111 valence electrons. The molecule has 2 aliphatic rings. The highest BCUT2D eigenvalue weighted by atomic mass is 19.1. The molecular formula is C14H14FN2O4. The van der Waals surface area contributed by atoms with E-state index in [0.29, 0.717) is 37.7 Å². The number of morpholine rings is 1. The summed E-state index contributed by atoms with van der Waals surface area (Å²) in [4.78, 5) is 25.3. The summed E-state index contributed by atoms with van der Waals surface area (Å²) in [5, 5.41) is 0. The van der Waals surface area contributed by atoms with Crippen LogP contribution in [0.4, 0.5) is 20.6 Å². The van der Waals surface area contributed by atoms with Gasteiger partial charge in [0.2, 0.25) is 6.29 Å². The van der Waals surface area contributed by atoms with Crippen LogP contribution in [0.3, 0.4) is 0 Å². The molecule has 1 aromatic carbocycles. The van der Waals surface area contributed by atoms with Crippen LogP contribution in [0.15, 0.2) is 18.2 Å². The number of benzene rings is 1. The van der Waals surface area contributed by atoms with Gasteiger partial charge in [0, 0.05) is 13.1 Å². The smallest absolute Gasteiger partial charge is 0.415 e. The van der Waals surface area contributed by atoms with E-state index >= 15 is 0 Å². The summed E-state index contributed by atoms with van der Waals surface area (Å²) in [6.45, 7) is 2.44. The van der Waals surface area contributed by atoms with Gasteiger partial charge in [0.05, 0.1) is 31.1 Å². The fraction of sp³-hybridized carbons (Fsp3) is 0.429. The highest BCUT2D eigenvalue weighted by Crippen LogP contribution is 2.28. The lowest BCUT2D eigenvalue weighted by molar-refractivity contribution is 0.122. The predicted molar refractivity (Wildman–Crippen MR) is 72.7 cm³/mol. The lowest BCUT2D eigenvalue weighted by Gasteiger charge is -2.29. The van der Waals surface area contributed by atoms with Crippen LogP contribution in [0.1, 0.15) is 0 Å². The maximum atomic E-state index is 14.3. The molecule has 21 heavy (non-hydrogen) atoms. The van der Waals surface area contributed by atoms with Crippen molar-refractivity contribution in [2.24, 2.45) is 0 Å². The first-order chi connectivity index (χ1) is 10.2. The van der Waals surface area contributed by atoms with Crippen LogP contribution in [0, 0.1) is 5.82 Å². The van der Waals surface area contributed by atoms with Gasteiger partial charge in [-0.3, -0.25) is 9.69 Å². The fourth-order valence-electron chi connectivity index (χ4n) is 2.46. The Morgan fingerprint density at radius 1 is 1.29 bits per heavy atom. The molecule has 0 bridgehead atoms. The summed E-state index contributed by atoms with van der Waals surface area (Å²) in [6.07, 6.45) is 0.0391. The maximum Gasteiger partial charge on any atom is 0.415 e. The Hall–Kier alpha value is -2.15. The first kappa shape index (κ1) is 13.8. The van der Waals surface area contributed by atoms with Crippen LogP contribution in [0.25, 0.3) is 0 Å². The van der Waals surface area contributed by atoms with Gasteiger partial charge in [-0.25, -0.2) is 9.18 Å². The van der Waals surface area contributed by atoms with Crippen molar-refractivity contribution < 1.29 is 23.5 Å². The van der Waals surface area contributed by atoms with E-state index in [0.717, 1.165) is 0 Å². The third-order valence-electron chi connectivity index (χ3n) is 3.54. The van der Waals surface area contributed by atoms with Gasteiger partial charge in [0.15, 0.2) is 6.10 Å². The van der Waals surface area contributed by atoms with Crippen molar-refractivity contribution in [2.75, 3.05) is 42.6 Å². The lowest BCUT2D eigenvalue weighted by Crippen LogP contribution is -2.36. The first-order valence-corrected chi connectivity index (χ1v) is 6.67. The van der Waals surface area contributed by atoms with Crippen molar-refractivity contribution in [2.45, 2.75) is 6.10 Å². The van der Waals surface area contributed by atoms with E-state index in [1.165, 1.54) is 11.0 Å². The Balaban J connectivity index is 1.81. The van der Waals surface area contributed by atoms with Crippen LogP contribution < -0.4 is 9.80 Å². The van der Waals surface area contributed by atoms with Crippen molar-refractivity contribution in [3.8, 4) is 0 Å². The molecule has 0 saturated carbocycles. The number of amides is 1. The molecule has 1 amide bonds. The van der Waals surface area contributed by atoms with E-state index < -0.39 is 18.0 Å². The normalized spacial score (nSPS) is 22.3. The zero-order valence-electron chi connectivity index (χ0n) is 11.3. The Bertz CT molecular complexity index is 560. The lowest BCUT2D eigenvalue weighted by atomic mass is 10.2. The molecule has 0 aromatic heterocycles. The standard InChI is InChI=1S/C14H14FN2O4/c15-12-7-10(17-8-11(9-18)21-14(17)19)1-2-13(12)16-3-5-20-6-4-16/h1-2,7,11H,3-6,8H2/t11-/m1/s1. The molecule has 2 aliphatic heterocycles. The van der Waals surface area contributed by atoms with Crippen LogP contribution in [-0.4, -0.2) is 51.3 Å². The van der Waals surface area contributed by atoms with E-state index in [1.807, 2.05) is 4.90 Å². The number of anilines is 2. The Labute approximate surface area is 121 Å². The zero-order chi connectivity index (χ0) is 14.8. The number of halogens is 1. The topological polar surface area (TPSA) is 59.1 Å². The largest absolute Gasteiger partial charge is 0.435 e. The Kier molecular flexibility index (Phi) is 3.74. The highest BCUT2D eigenvalue weighted by molar-refractivity contribution is 5.92. The van der Waals surface area contributed by atoms with Crippen molar-refractivity contribution in [3.05, 3.63) is 24.0 Å². The molecule has 0 spiro atoms. The number of rotatable bonds is 3. The average molecular weight is 293 g/mol. The quantitative estimate of drug-likeness (QED) is 0.835. The van der Waals surface area contributed by atoms with Gasteiger partial charge in [-0.05, 0) is 18.2 Å². The fourth-order valence-corrected chi connectivity index (χ4v) is 2.46. The van der Waals surface area contributed by atoms with Gasteiger partial charge < -0.3 is 14.4 Å². The van der Waals surface area contributed by atoms with Crippen LogP contribution in [0.2, 0.25) is 0 Å². The van der Waals surface area contributed by atoms with E-state index in [9.17, 15) is 14.0 Å². The number of nitrogens with zero attached hydrogens (tertiary/aromatic N) is 2. The number of hydrogen-bond acceptors (Lipinski definition) is 5. The van der Waals surface area contributed by atoms with Gasteiger partial charge >= 0.3 is 6.09 Å². The van der Waals surface area contributed by atoms with Crippen LogP contribution >= 0.6 is 0 Å². The van der Waals surface area contributed by atoms with Crippen LogP contribution in [0.5, 0.6) is 0 Å². The summed E-state index contributed by atoms with van der Waals surface area (Å²) in [5.74, 6) is -0.416. The molecule has 1 aromatic rings. The van der Waals surface area contributed by atoms with E-state index in [-0.39, 0.29) is 6.54 Å². The van der Waals surface area contributed by atoms with Gasteiger partial charge in [-0.2, -0.15) is 0 Å². The SMILES string of the molecule is O=[C][C@H]1CN(c2ccc(N3CCOCC3)c(F)c2)C(=O)O1. The van der Waals surface area contributed by atoms with Crippen LogP contribution in [-0.2, 0) is 14.3 Å². The second kappa shape index (κ2) is 5.69. The third-order valence-corrected chi connectivity index (χ3v) is 3.54. The minimum absolute atomic E-state index is 0.0542. The second-order valence-corrected chi connectivity index (χ2v) is 4.84. The first-order valence-electron chi connectivity index (χ1n) is 6.67. The van der Waals surface area contributed by atoms with E-state index in [2.05, 4.69) is 0 Å². The summed E-state index contributed by atoms with van der Waals surface area (Å²) in [5.41, 5.74) is 0.848. The summed E-state index contributed by atoms with van der Waals surface area (Å²) in [7, 11) is 0. The molecule has 1 radical (unpaired) electrons. The molecule has 1 atom stereocenters. The highest BCUT2D eigenvalue weighted by Gasteiger charge is 2.33. The van der Waals surface area contributed by atoms with E-state index in [4.69, 9.17) is 9.47 Å². The number of cyclic esters (lactones) is 1. The summed E-state index contributed by atoms with van der Waals surface area (Å²) in [6, 6.07) is 4.54. The number of hydrogen-bond donors (Lipinski definition) is 0. The molecule has 0 aliphatic carbocycles. The van der Waals surface area contributed by atoms with Crippen molar-refractivity contribution in [1.82, 2.24) is 0 Å². The minimum atomic E-state index is -0.917. The minimum Gasteiger partial charge on any atom is -0.435 e. The monoisotopic (exact) mass is 293 g/mol. The number of carbonyl (C=O) groups is 1. The second-order valence-electron chi connectivity index (χ2n) is 4.84. The molecule has 0 unspecified atom stereocenters. The Morgan fingerprint density at radius 2 is 2.05 bits per heavy atom. The van der Waals surface area contributed by atoms with Gasteiger partial charge in [0.1, 0.15) is 5.82 Å². The third kappa shape index (κ3) is 2.69. The number of carbonyl (C=O) groups excluding carboxylic acids is 2. The summed E-state index contributed by atoms with van der Waals surface area (Å²) >= 11 is 0.